The summed E-state index contributed by atoms with van der Waals surface area (Å²) in [5, 5.41) is 2.84. The molecule has 1 aromatic rings. The Morgan fingerprint density at radius 3 is 2.72 bits per heavy atom. The van der Waals surface area contributed by atoms with Crippen LogP contribution in [0.5, 0.6) is 5.75 Å². The Hall–Kier alpha value is -1.98. The van der Waals surface area contributed by atoms with Gasteiger partial charge in [-0.15, -0.1) is 0 Å². The Labute approximate surface area is 106 Å². The van der Waals surface area contributed by atoms with E-state index in [0.29, 0.717) is 18.7 Å². The van der Waals surface area contributed by atoms with E-state index in [-0.39, 0.29) is 17.3 Å². The second-order valence-electron chi connectivity index (χ2n) is 4.04. The van der Waals surface area contributed by atoms with Crippen molar-refractivity contribution in [2.45, 2.75) is 6.42 Å². The summed E-state index contributed by atoms with van der Waals surface area (Å²) in [5.74, 6) is -0.0891. The number of rotatable bonds is 5. The minimum Gasteiger partial charge on any atom is -0.495 e. The highest BCUT2D eigenvalue weighted by molar-refractivity contribution is 5.76. The highest BCUT2D eigenvalue weighted by Crippen LogP contribution is 2.28. The Kier molecular flexibility index (Phi) is 4.76. The van der Waals surface area contributed by atoms with E-state index in [4.69, 9.17) is 10.5 Å². The Morgan fingerprint density at radius 1 is 1.50 bits per heavy atom. The highest BCUT2D eigenvalue weighted by Gasteiger charge is 2.09. The van der Waals surface area contributed by atoms with Crippen molar-refractivity contribution in [3.63, 3.8) is 0 Å². The molecule has 1 amide bonds. The van der Waals surface area contributed by atoms with E-state index in [1.807, 2.05) is 0 Å². The quantitative estimate of drug-likeness (QED) is 0.778. The van der Waals surface area contributed by atoms with Crippen LogP contribution in [0.15, 0.2) is 12.1 Å². The molecule has 100 valence electrons. The Morgan fingerprint density at radius 2 is 2.17 bits per heavy atom. The first-order valence-electron chi connectivity index (χ1n) is 5.52. The lowest BCUT2D eigenvalue weighted by atomic mass is 10.2. The van der Waals surface area contributed by atoms with Crippen molar-refractivity contribution in [2.75, 3.05) is 38.8 Å². The van der Waals surface area contributed by atoms with Crippen molar-refractivity contribution >= 4 is 17.3 Å². The van der Waals surface area contributed by atoms with Crippen molar-refractivity contribution in [2.24, 2.45) is 0 Å². The fourth-order valence-electron chi connectivity index (χ4n) is 1.41. The van der Waals surface area contributed by atoms with Gasteiger partial charge in [0.15, 0.2) is 0 Å². The minimum absolute atomic E-state index is 0.0229. The maximum absolute atomic E-state index is 13.6. The van der Waals surface area contributed by atoms with Gasteiger partial charge in [-0.3, -0.25) is 4.79 Å². The van der Waals surface area contributed by atoms with Gasteiger partial charge in [-0.2, -0.15) is 0 Å². The van der Waals surface area contributed by atoms with Crippen LogP contribution >= 0.6 is 0 Å². The monoisotopic (exact) mass is 255 g/mol. The van der Waals surface area contributed by atoms with Crippen molar-refractivity contribution in [1.82, 2.24) is 4.90 Å². The molecule has 0 aliphatic heterocycles. The van der Waals surface area contributed by atoms with E-state index < -0.39 is 5.82 Å². The molecule has 0 unspecified atom stereocenters. The Balaban J connectivity index is 2.65. The molecule has 0 atom stereocenters. The lowest BCUT2D eigenvalue weighted by molar-refractivity contribution is -0.128. The molecule has 0 radical (unpaired) electrons. The van der Waals surface area contributed by atoms with Gasteiger partial charge in [0.1, 0.15) is 11.6 Å². The molecule has 0 saturated heterocycles. The molecule has 0 aromatic heterocycles. The van der Waals surface area contributed by atoms with Gasteiger partial charge in [0, 0.05) is 39.2 Å². The van der Waals surface area contributed by atoms with Gasteiger partial charge in [-0.05, 0) is 0 Å². The Bertz CT molecular complexity index is 436. The van der Waals surface area contributed by atoms with Crippen LogP contribution in [0, 0.1) is 5.82 Å². The number of ether oxygens (including phenoxy) is 1. The summed E-state index contributed by atoms with van der Waals surface area (Å²) >= 11 is 0. The second kappa shape index (κ2) is 6.09. The van der Waals surface area contributed by atoms with Gasteiger partial charge in [-0.1, -0.05) is 0 Å². The number of methoxy groups -OCH3 is 1. The number of nitrogens with two attached hydrogens (primary N) is 1. The SMILES string of the molecule is COc1cc(NCCC(=O)N(C)C)c(F)cc1N. The molecule has 0 fully saturated rings. The average Bonchev–Trinajstić information content (AvgIpc) is 2.31. The van der Waals surface area contributed by atoms with Crippen LogP contribution in [0.2, 0.25) is 0 Å². The topological polar surface area (TPSA) is 67.6 Å². The lowest BCUT2D eigenvalue weighted by Crippen LogP contribution is -2.24. The zero-order valence-corrected chi connectivity index (χ0v) is 10.8. The number of anilines is 2. The zero-order valence-electron chi connectivity index (χ0n) is 10.8. The van der Waals surface area contributed by atoms with Gasteiger partial charge in [0.2, 0.25) is 5.91 Å². The van der Waals surface area contributed by atoms with Gasteiger partial charge in [0.05, 0.1) is 18.5 Å². The average molecular weight is 255 g/mol. The predicted molar refractivity (Wildman–Crippen MR) is 69.2 cm³/mol. The second-order valence-corrected chi connectivity index (χ2v) is 4.04. The maximum atomic E-state index is 13.6. The maximum Gasteiger partial charge on any atom is 0.223 e. The number of nitrogens with zero attached hydrogens (tertiary/aromatic N) is 1. The molecule has 1 aromatic carbocycles. The zero-order chi connectivity index (χ0) is 13.7. The summed E-state index contributed by atoms with van der Waals surface area (Å²) in [6, 6.07) is 2.67. The minimum atomic E-state index is -0.467. The predicted octanol–water partition coefficient (Wildman–Crippen LogP) is 1.31. The standard InChI is InChI=1S/C12H18FN3O2/c1-16(2)12(17)4-5-15-10-7-11(18-3)9(14)6-8(10)13/h6-7,15H,4-5,14H2,1-3H3. The van der Waals surface area contributed by atoms with Crippen LogP contribution in [0.4, 0.5) is 15.8 Å². The van der Waals surface area contributed by atoms with Crippen LogP contribution in [0.3, 0.4) is 0 Å². The molecule has 6 heteroatoms. The summed E-state index contributed by atoms with van der Waals surface area (Å²) in [6.45, 7) is 0.348. The van der Waals surface area contributed by atoms with Crippen molar-refractivity contribution < 1.29 is 13.9 Å². The van der Waals surface area contributed by atoms with E-state index in [9.17, 15) is 9.18 Å². The molecule has 0 bridgehead atoms. The molecule has 0 aliphatic carbocycles. The number of carbonyl (C=O) groups is 1. The summed E-state index contributed by atoms with van der Waals surface area (Å²) in [5.41, 5.74) is 6.08. The number of halogens is 1. The first-order chi connectivity index (χ1) is 8.45. The van der Waals surface area contributed by atoms with E-state index >= 15 is 0 Å². The van der Waals surface area contributed by atoms with Gasteiger partial charge in [0.25, 0.3) is 0 Å². The molecule has 5 nitrogen and oxygen atoms in total. The van der Waals surface area contributed by atoms with Crippen LogP contribution in [-0.4, -0.2) is 38.6 Å². The molecule has 0 spiro atoms. The molecular formula is C12H18FN3O2. The molecule has 0 saturated carbocycles. The number of hydrogen-bond acceptors (Lipinski definition) is 4. The lowest BCUT2D eigenvalue weighted by Gasteiger charge is -2.13. The molecule has 0 heterocycles. The van der Waals surface area contributed by atoms with Gasteiger partial charge < -0.3 is 20.7 Å². The number of benzene rings is 1. The van der Waals surface area contributed by atoms with Crippen molar-refractivity contribution in [1.29, 1.82) is 0 Å². The summed E-state index contributed by atoms with van der Waals surface area (Å²) in [4.78, 5) is 12.8. The smallest absolute Gasteiger partial charge is 0.223 e. The fraction of sp³-hybridized carbons (Fsp3) is 0.417. The van der Waals surface area contributed by atoms with E-state index in [0.717, 1.165) is 0 Å². The van der Waals surface area contributed by atoms with Gasteiger partial charge in [-0.25, -0.2) is 4.39 Å². The summed E-state index contributed by atoms with van der Waals surface area (Å²) < 4.78 is 18.6. The van der Waals surface area contributed by atoms with Crippen molar-refractivity contribution in [3.05, 3.63) is 17.9 Å². The third-order valence-electron chi connectivity index (χ3n) is 2.47. The highest BCUT2D eigenvalue weighted by atomic mass is 19.1. The third-order valence-corrected chi connectivity index (χ3v) is 2.47. The fourth-order valence-corrected chi connectivity index (χ4v) is 1.41. The number of nitrogen functional groups attached to an aromatic ring is 1. The first-order valence-corrected chi connectivity index (χ1v) is 5.52. The van der Waals surface area contributed by atoms with Crippen LogP contribution in [0.1, 0.15) is 6.42 Å². The molecule has 0 aliphatic rings. The first kappa shape index (κ1) is 14.1. The largest absolute Gasteiger partial charge is 0.495 e. The number of nitrogens with one attached hydrogen (secondary N) is 1. The summed E-state index contributed by atoms with van der Waals surface area (Å²) in [7, 11) is 4.81. The molecule has 1 rings (SSSR count). The van der Waals surface area contributed by atoms with Crippen molar-refractivity contribution in [3.8, 4) is 5.75 Å². The normalized spacial score (nSPS) is 10.0. The number of amides is 1. The number of carbonyl (C=O) groups excluding carboxylic acids is 1. The molecule has 18 heavy (non-hydrogen) atoms. The van der Waals surface area contributed by atoms with Crippen LogP contribution < -0.4 is 15.8 Å². The van der Waals surface area contributed by atoms with Gasteiger partial charge >= 0.3 is 0 Å². The van der Waals surface area contributed by atoms with Crippen LogP contribution in [0.25, 0.3) is 0 Å². The summed E-state index contributed by atoms with van der Waals surface area (Å²) in [6.07, 6.45) is 0.291. The third kappa shape index (κ3) is 3.51. The van der Waals surface area contributed by atoms with E-state index in [1.54, 1.807) is 14.1 Å². The molecular weight excluding hydrogens is 237 g/mol. The van der Waals surface area contributed by atoms with Crippen LogP contribution in [-0.2, 0) is 4.79 Å². The van der Waals surface area contributed by atoms with E-state index in [2.05, 4.69) is 5.32 Å². The number of hydrogen-bond donors (Lipinski definition) is 2. The molecule has 3 N–H and O–H groups in total. The van der Waals surface area contributed by atoms with E-state index in [1.165, 1.54) is 24.1 Å².